The molecular formula is C15H23N3O3. The number of nitrogens with zero attached hydrogens (tertiary/aromatic N) is 1. The molecule has 1 unspecified atom stereocenters. The normalized spacial score (nSPS) is 19.5. The van der Waals surface area contributed by atoms with E-state index in [-0.39, 0.29) is 11.9 Å². The zero-order valence-corrected chi connectivity index (χ0v) is 12.3. The number of nitrogens with one attached hydrogen (secondary N) is 1. The minimum atomic E-state index is 0.0921. The molecule has 0 aliphatic carbocycles. The Hall–Kier alpha value is -1.79. The molecule has 4 N–H and O–H groups in total. The molecule has 1 aromatic carbocycles. The summed E-state index contributed by atoms with van der Waals surface area (Å²) in [4.78, 5) is 0. The highest BCUT2D eigenvalue weighted by atomic mass is 16.5. The van der Waals surface area contributed by atoms with E-state index in [0.717, 1.165) is 37.3 Å². The highest BCUT2D eigenvalue weighted by Gasteiger charge is 2.14. The molecular weight excluding hydrogens is 270 g/mol. The third kappa shape index (κ3) is 4.34. The third-order valence-electron chi connectivity index (χ3n) is 3.65. The predicted molar refractivity (Wildman–Crippen MR) is 80.8 cm³/mol. The average molecular weight is 293 g/mol. The number of oxime groups is 1. The molecule has 2 rings (SSSR count). The Labute approximate surface area is 124 Å². The van der Waals surface area contributed by atoms with Crippen LogP contribution >= 0.6 is 0 Å². The molecule has 1 aliphatic heterocycles. The second-order valence-electron chi connectivity index (χ2n) is 5.13. The lowest BCUT2D eigenvalue weighted by Gasteiger charge is -2.23. The summed E-state index contributed by atoms with van der Waals surface area (Å²) in [6.45, 7) is 2.32. The van der Waals surface area contributed by atoms with Crippen LogP contribution < -0.4 is 15.8 Å². The van der Waals surface area contributed by atoms with Crippen LogP contribution in [0.25, 0.3) is 0 Å². The smallest absolute Gasteiger partial charge is 0.170 e. The van der Waals surface area contributed by atoms with Gasteiger partial charge in [-0.15, -0.1) is 0 Å². The largest absolute Gasteiger partial charge is 0.496 e. The van der Waals surface area contributed by atoms with Crippen molar-refractivity contribution in [3.63, 3.8) is 0 Å². The van der Waals surface area contributed by atoms with E-state index in [1.54, 1.807) is 13.2 Å². The highest BCUT2D eigenvalue weighted by molar-refractivity contribution is 5.97. The molecule has 1 aliphatic rings. The first-order valence-electron chi connectivity index (χ1n) is 7.21. The van der Waals surface area contributed by atoms with Gasteiger partial charge in [-0.25, -0.2) is 0 Å². The molecule has 1 saturated heterocycles. The van der Waals surface area contributed by atoms with E-state index in [1.807, 2.05) is 12.1 Å². The van der Waals surface area contributed by atoms with Crippen LogP contribution in [0.15, 0.2) is 23.4 Å². The molecule has 1 aromatic rings. The first kappa shape index (κ1) is 15.6. The number of hydrogen-bond donors (Lipinski definition) is 3. The third-order valence-corrected chi connectivity index (χ3v) is 3.65. The number of methoxy groups -OCH3 is 1. The van der Waals surface area contributed by atoms with Gasteiger partial charge in [0.15, 0.2) is 5.84 Å². The number of rotatable bonds is 6. The number of ether oxygens (including phenoxy) is 2. The van der Waals surface area contributed by atoms with Crippen molar-refractivity contribution in [1.82, 2.24) is 5.32 Å². The van der Waals surface area contributed by atoms with Crippen LogP contribution in [0.5, 0.6) is 5.75 Å². The van der Waals surface area contributed by atoms with E-state index >= 15 is 0 Å². The van der Waals surface area contributed by atoms with Crippen LogP contribution in [0.3, 0.4) is 0 Å². The lowest BCUT2D eigenvalue weighted by atomic mass is 10.1. The second kappa shape index (κ2) is 7.85. The van der Waals surface area contributed by atoms with E-state index in [0.29, 0.717) is 12.1 Å². The average Bonchev–Trinajstić information content (AvgIpc) is 2.55. The number of nitrogens with two attached hydrogens (primary N) is 1. The van der Waals surface area contributed by atoms with Gasteiger partial charge in [-0.2, -0.15) is 0 Å². The zero-order chi connectivity index (χ0) is 15.1. The van der Waals surface area contributed by atoms with E-state index in [4.69, 9.17) is 20.4 Å². The minimum Gasteiger partial charge on any atom is -0.496 e. The molecule has 0 bridgehead atoms. The van der Waals surface area contributed by atoms with E-state index < -0.39 is 0 Å². The van der Waals surface area contributed by atoms with Gasteiger partial charge in [-0.3, -0.25) is 0 Å². The van der Waals surface area contributed by atoms with Gasteiger partial charge in [0, 0.05) is 30.8 Å². The van der Waals surface area contributed by atoms with Crippen molar-refractivity contribution in [2.45, 2.75) is 31.9 Å². The van der Waals surface area contributed by atoms with Crippen molar-refractivity contribution in [3.8, 4) is 5.75 Å². The summed E-state index contributed by atoms with van der Waals surface area (Å²) >= 11 is 0. The van der Waals surface area contributed by atoms with Gasteiger partial charge < -0.3 is 25.7 Å². The van der Waals surface area contributed by atoms with Crippen molar-refractivity contribution in [3.05, 3.63) is 29.3 Å². The molecule has 21 heavy (non-hydrogen) atoms. The predicted octanol–water partition coefficient (Wildman–Crippen LogP) is 1.45. The van der Waals surface area contributed by atoms with Crippen LogP contribution in [0.1, 0.15) is 30.4 Å². The summed E-state index contributed by atoms with van der Waals surface area (Å²) in [5.41, 5.74) is 7.26. The quantitative estimate of drug-likeness (QED) is 0.320. The van der Waals surface area contributed by atoms with Gasteiger partial charge in [0.1, 0.15) is 5.75 Å². The fourth-order valence-electron chi connectivity index (χ4n) is 2.47. The highest BCUT2D eigenvalue weighted by Crippen LogP contribution is 2.20. The van der Waals surface area contributed by atoms with Gasteiger partial charge in [-0.1, -0.05) is 5.16 Å². The molecule has 116 valence electrons. The van der Waals surface area contributed by atoms with Crippen molar-refractivity contribution in [1.29, 1.82) is 0 Å². The summed E-state index contributed by atoms with van der Waals surface area (Å²) < 4.78 is 11.0. The first-order valence-corrected chi connectivity index (χ1v) is 7.21. The lowest BCUT2D eigenvalue weighted by Crippen LogP contribution is -2.31. The number of hydrogen-bond acceptors (Lipinski definition) is 5. The standard InChI is InChI=1S/C15H23N3O3/c1-20-14-6-5-11(15(16)18-19)8-12(14)9-17-10-13-4-2-3-7-21-13/h5-6,8,13,17,19H,2-4,7,9-10H2,1H3,(H2,16,18). The monoisotopic (exact) mass is 293 g/mol. The maximum absolute atomic E-state index is 8.75. The fraction of sp³-hybridized carbons (Fsp3) is 0.533. The molecule has 1 atom stereocenters. The Morgan fingerprint density at radius 3 is 3.05 bits per heavy atom. The van der Waals surface area contributed by atoms with Crippen molar-refractivity contribution < 1.29 is 14.7 Å². The Morgan fingerprint density at radius 2 is 2.38 bits per heavy atom. The fourth-order valence-corrected chi connectivity index (χ4v) is 2.47. The Kier molecular flexibility index (Phi) is 5.83. The molecule has 1 heterocycles. The Balaban J connectivity index is 1.96. The van der Waals surface area contributed by atoms with Crippen molar-refractivity contribution in [2.75, 3.05) is 20.3 Å². The summed E-state index contributed by atoms with van der Waals surface area (Å²) in [6, 6.07) is 5.45. The van der Waals surface area contributed by atoms with Gasteiger partial charge in [0.05, 0.1) is 13.2 Å². The SMILES string of the molecule is COc1ccc(/C(N)=N/O)cc1CNCC1CCCCO1. The van der Waals surface area contributed by atoms with Crippen LogP contribution in [0, 0.1) is 0 Å². The topological polar surface area (TPSA) is 89.1 Å². The molecule has 0 aromatic heterocycles. The van der Waals surface area contributed by atoms with Gasteiger partial charge in [-0.05, 0) is 37.5 Å². The molecule has 0 amide bonds. The summed E-state index contributed by atoms with van der Waals surface area (Å²) in [5, 5.41) is 15.2. The van der Waals surface area contributed by atoms with Crippen LogP contribution in [-0.4, -0.2) is 37.4 Å². The number of amidine groups is 1. The van der Waals surface area contributed by atoms with Crippen molar-refractivity contribution >= 4 is 5.84 Å². The van der Waals surface area contributed by atoms with Crippen LogP contribution in [0.4, 0.5) is 0 Å². The van der Waals surface area contributed by atoms with Crippen LogP contribution in [0.2, 0.25) is 0 Å². The Bertz CT molecular complexity index is 485. The summed E-state index contributed by atoms with van der Waals surface area (Å²) in [5.74, 6) is 0.871. The van der Waals surface area contributed by atoms with E-state index in [1.165, 1.54) is 6.42 Å². The first-order chi connectivity index (χ1) is 10.2. The lowest BCUT2D eigenvalue weighted by molar-refractivity contribution is 0.0167. The second-order valence-corrected chi connectivity index (χ2v) is 5.13. The minimum absolute atomic E-state index is 0.0921. The summed E-state index contributed by atoms with van der Waals surface area (Å²) in [6.07, 6.45) is 3.78. The summed E-state index contributed by atoms with van der Waals surface area (Å²) in [7, 11) is 1.63. The molecule has 1 fully saturated rings. The molecule has 0 radical (unpaired) electrons. The maximum atomic E-state index is 8.75. The molecule has 6 nitrogen and oxygen atoms in total. The van der Waals surface area contributed by atoms with Gasteiger partial charge in [0.25, 0.3) is 0 Å². The van der Waals surface area contributed by atoms with E-state index in [2.05, 4.69) is 10.5 Å². The molecule has 6 heteroatoms. The van der Waals surface area contributed by atoms with Gasteiger partial charge >= 0.3 is 0 Å². The molecule has 0 spiro atoms. The molecule has 0 saturated carbocycles. The number of benzene rings is 1. The van der Waals surface area contributed by atoms with Crippen molar-refractivity contribution in [2.24, 2.45) is 10.9 Å². The van der Waals surface area contributed by atoms with Gasteiger partial charge in [0.2, 0.25) is 0 Å². The van der Waals surface area contributed by atoms with Crippen LogP contribution in [-0.2, 0) is 11.3 Å². The van der Waals surface area contributed by atoms with E-state index in [9.17, 15) is 0 Å². The Morgan fingerprint density at radius 1 is 1.52 bits per heavy atom. The maximum Gasteiger partial charge on any atom is 0.170 e. The zero-order valence-electron chi connectivity index (χ0n) is 12.3.